The largest absolute Gasteiger partial charge is 0.378 e. The van der Waals surface area contributed by atoms with Gasteiger partial charge in [-0.05, 0) is 31.2 Å². The van der Waals surface area contributed by atoms with E-state index >= 15 is 0 Å². The van der Waals surface area contributed by atoms with Crippen LogP contribution in [0.4, 0.5) is 5.69 Å². The van der Waals surface area contributed by atoms with Gasteiger partial charge in [-0.1, -0.05) is 47.7 Å². The van der Waals surface area contributed by atoms with Crippen LogP contribution in [0, 0.1) is 6.92 Å². The highest BCUT2D eigenvalue weighted by Crippen LogP contribution is 2.38. The van der Waals surface area contributed by atoms with Gasteiger partial charge in [-0.15, -0.1) is 0 Å². The van der Waals surface area contributed by atoms with Gasteiger partial charge >= 0.3 is 0 Å². The van der Waals surface area contributed by atoms with Crippen LogP contribution in [-0.2, 0) is 14.3 Å². The van der Waals surface area contributed by atoms with E-state index in [1.165, 1.54) is 16.7 Å². The second-order valence-corrected chi connectivity index (χ2v) is 7.56. The van der Waals surface area contributed by atoms with Gasteiger partial charge in [0.25, 0.3) is 11.8 Å². The summed E-state index contributed by atoms with van der Waals surface area (Å²) in [4.78, 5) is 31.1. The Morgan fingerprint density at radius 1 is 0.889 bits per heavy atom. The zero-order valence-corrected chi connectivity index (χ0v) is 15.9. The molecule has 2 heterocycles. The van der Waals surface area contributed by atoms with Gasteiger partial charge in [0.2, 0.25) is 0 Å². The molecule has 1 fully saturated rings. The van der Waals surface area contributed by atoms with Crippen molar-refractivity contribution in [3.8, 4) is 0 Å². The van der Waals surface area contributed by atoms with Crippen LogP contribution in [0.5, 0.6) is 0 Å². The fourth-order valence-corrected chi connectivity index (χ4v) is 4.19. The van der Waals surface area contributed by atoms with Crippen molar-refractivity contribution in [3.63, 3.8) is 0 Å². The third-order valence-electron chi connectivity index (χ3n) is 4.60. The van der Waals surface area contributed by atoms with E-state index in [1.807, 2.05) is 54.3 Å². The number of aryl methyl sites for hydroxylation is 1. The van der Waals surface area contributed by atoms with Crippen molar-refractivity contribution < 1.29 is 14.3 Å². The summed E-state index contributed by atoms with van der Waals surface area (Å²) < 4.78 is 5.42. The highest BCUT2D eigenvalue weighted by atomic mass is 32.2. The maximum Gasteiger partial charge on any atom is 0.283 e. The first-order chi connectivity index (χ1) is 13.1. The van der Waals surface area contributed by atoms with Gasteiger partial charge in [-0.2, -0.15) is 0 Å². The second kappa shape index (κ2) is 7.58. The minimum Gasteiger partial charge on any atom is -0.378 e. The van der Waals surface area contributed by atoms with E-state index in [0.717, 1.165) is 10.5 Å². The molecule has 0 radical (unpaired) electrons. The molecule has 2 aromatic rings. The number of hydrogen-bond donors (Lipinski definition) is 0. The Bertz CT molecular complexity index is 887. The van der Waals surface area contributed by atoms with Crippen molar-refractivity contribution in [2.75, 3.05) is 31.2 Å². The van der Waals surface area contributed by atoms with E-state index in [0.29, 0.717) is 42.6 Å². The fourth-order valence-electron chi connectivity index (χ4n) is 3.19. The zero-order chi connectivity index (χ0) is 18.8. The number of imide groups is 1. The number of thioether (sulfide) groups is 1. The molecule has 0 saturated carbocycles. The Balaban J connectivity index is 1.73. The van der Waals surface area contributed by atoms with Crippen molar-refractivity contribution in [2.45, 2.75) is 11.8 Å². The molecule has 2 aromatic carbocycles. The lowest BCUT2D eigenvalue weighted by atomic mass is 10.2. The first-order valence-electron chi connectivity index (χ1n) is 8.90. The van der Waals surface area contributed by atoms with Crippen LogP contribution in [0.1, 0.15) is 5.56 Å². The SMILES string of the molecule is Cc1ccc(SC2=C(N3CCOCC3)C(=O)N(c3ccccc3)C2=O)cc1. The Morgan fingerprint density at radius 2 is 1.56 bits per heavy atom. The highest BCUT2D eigenvalue weighted by Gasteiger charge is 2.42. The van der Waals surface area contributed by atoms with Gasteiger partial charge in [0.15, 0.2) is 0 Å². The number of carbonyl (C=O) groups is 2. The van der Waals surface area contributed by atoms with Gasteiger partial charge in [-0.25, -0.2) is 4.90 Å². The number of amides is 2. The summed E-state index contributed by atoms with van der Waals surface area (Å²) in [7, 11) is 0. The zero-order valence-electron chi connectivity index (χ0n) is 15.1. The number of rotatable bonds is 4. The summed E-state index contributed by atoms with van der Waals surface area (Å²) in [5.74, 6) is -0.527. The number of benzene rings is 2. The molecule has 0 bridgehead atoms. The van der Waals surface area contributed by atoms with Crippen LogP contribution in [-0.4, -0.2) is 43.0 Å². The molecule has 0 N–H and O–H groups in total. The molecule has 138 valence electrons. The lowest BCUT2D eigenvalue weighted by Gasteiger charge is -2.29. The average molecular weight is 380 g/mol. The molecule has 2 aliphatic rings. The molecule has 0 aromatic heterocycles. The van der Waals surface area contributed by atoms with E-state index in [-0.39, 0.29) is 11.8 Å². The smallest absolute Gasteiger partial charge is 0.283 e. The third-order valence-corrected chi connectivity index (χ3v) is 5.68. The summed E-state index contributed by atoms with van der Waals surface area (Å²) in [6, 6.07) is 17.1. The van der Waals surface area contributed by atoms with Gasteiger partial charge < -0.3 is 9.64 Å². The van der Waals surface area contributed by atoms with E-state index in [2.05, 4.69) is 0 Å². The monoisotopic (exact) mass is 380 g/mol. The summed E-state index contributed by atoms with van der Waals surface area (Å²) >= 11 is 1.36. The molecule has 5 nitrogen and oxygen atoms in total. The van der Waals surface area contributed by atoms with Crippen LogP contribution in [0.15, 0.2) is 70.1 Å². The number of carbonyl (C=O) groups excluding carboxylic acids is 2. The molecule has 2 amide bonds. The number of ether oxygens (including phenoxy) is 1. The molecule has 1 saturated heterocycles. The normalized spacial score (nSPS) is 17.8. The number of morpholine rings is 1. The van der Waals surface area contributed by atoms with Gasteiger partial charge in [0.1, 0.15) is 10.6 Å². The van der Waals surface area contributed by atoms with E-state index in [4.69, 9.17) is 4.74 Å². The Hall–Kier alpha value is -2.57. The maximum absolute atomic E-state index is 13.2. The molecular formula is C21H20N2O3S. The summed E-state index contributed by atoms with van der Waals surface area (Å²) in [6.45, 7) is 4.34. The highest BCUT2D eigenvalue weighted by molar-refractivity contribution is 8.04. The molecule has 0 atom stereocenters. The molecule has 27 heavy (non-hydrogen) atoms. The second-order valence-electron chi connectivity index (χ2n) is 6.47. The fraction of sp³-hybridized carbons (Fsp3) is 0.238. The van der Waals surface area contributed by atoms with Crippen molar-refractivity contribution in [3.05, 3.63) is 70.8 Å². The van der Waals surface area contributed by atoms with Gasteiger partial charge in [0.05, 0.1) is 18.9 Å². The van der Waals surface area contributed by atoms with Crippen LogP contribution >= 0.6 is 11.8 Å². The van der Waals surface area contributed by atoms with Crippen molar-refractivity contribution in [1.29, 1.82) is 0 Å². The van der Waals surface area contributed by atoms with E-state index in [9.17, 15) is 9.59 Å². The van der Waals surface area contributed by atoms with Crippen molar-refractivity contribution in [1.82, 2.24) is 4.90 Å². The summed E-state index contributed by atoms with van der Waals surface area (Å²) in [5.41, 5.74) is 2.23. The standard InChI is InChI=1S/C21H20N2O3S/c1-15-7-9-17(10-8-15)27-19-18(22-11-13-26-14-12-22)20(24)23(21(19)25)16-5-3-2-4-6-16/h2-10H,11-14H2,1H3. The minimum absolute atomic E-state index is 0.261. The first-order valence-corrected chi connectivity index (χ1v) is 9.72. The average Bonchev–Trinajstić information content (AvgIpc) is 2.95. The van der Waals surface area contributed by atoms with Crippen LogP contribution in [0.2, 0.25) is 0 Å². The predicted molar refractivity (Wildman–Crippen MR) is 105 cm³/mol. The number of hydrogen-bond acceptors (Lipinski definition) is 5. The molecule has 0 spiro atoms. The van der Waals surface area contributed by atoms with Gasteiger partial charge in [-0.3, -0.25) is 9.59 Å². The molecular weight excluding hydrogens is 360 g/mol. The van der Waals surface area contributed by atoms with E-state index in [1.54, 1.807) is 12.1 Å². The maximum atomic E-state index is 13.2. The van der Waals surface area contributed by atoms with Crippen molar-refractivity contribution >= 4 is 29.3 Å². The molecule has 0 unspecified atom stereocenters. The van der Waals surface area contributed by atoms with Gasteiger partial charge in [0, 0.05) is 18.0 Å². The number of para-hydroxylation sites is 1. The molecule has 6 heteroatoms. The van der Waals surface area contributed by atoms with E-state index < -0.39 is 0 Å². The lowest BCUT2D eigenvalue weighted by Crippen LogP contribution is -2.40. The molecule has 2 aliphatic heterocycles. The third kappa shape index (κ3) is 3.50. The van der Waals surface area contributed by atoms with Crippen molar-refractivity contribution in [2.24, 2.45) is 0 Å². The Morgan fingerprint density at radius 3 is 2.22 bits per heavy atom. The predicted octanol–water partition coefficient (Wildman–Crippen LogP) is 3.20. The first kappa shape index (κ1) is 17.8. The molecule has 0 aliphatic carbocycles. The molecule has 4 rings (SSSR count). The lowest BCUT2D eigenvalue weighted by molar-refractivity contribution is -0.121. The minimum atomic E-state index is -0.265. The van der Waals surface area contributed by atoms with Crippen LogP contribution < -0.4 is 4.90 Å². The topological polar surface area (TPSA) is 49.9 Å². The summed E-state index contributed by atoms with van der Waals surface area (Å²) in [6.07, 6.45) is 0. The van der Waals surface area contributed by atoms with Crippen LogP contribution in [0.3, 0.4) is 0 Å². The Kier molecular flexibility index (Phi) is 5.01. The Labute approximate surface area is 162 Å². The summed E-state index contributed by atoms with van der Waals surface area (Å²) in [5, 5.41) is 0. The number of nitrogens with zero attached hydrogens (tertiary/aromatic N) is 2. The number of anilines is 1. The quantitative estimate of drug-likeness (QED) is 0.763. The van der Waals surface area contributed by atoms with Crippen LogP contribution in [0.25, 0.3) is 0 Å².